The van der Waals surface area contributed by atoms with E-state index in [1.165, 1.54) is 23.7 Å². The fraction of sp³-hybridized carbons (Fsp3) is 0.143. The van der Waals surface area contributed by atoms with E-state index in [0.29, 0.717) is 27.6 Å². The van der Waals surface area contributed by atoms with E-state index < -0.39 is 5.91 Å². The Hall–Kier alpha value is -3.23. The summed E-state index contributed by atoms with van der Waals surface area (Å²) in [5.74, 6) is -0.863. The second-order valence-electron chi connectivity index (χ2n) is 6.08. The molecule has 2 amide bonds. The zero-order chi connectivity index (χ0) is 21.5. The Labute approximate surface area is 182 Å². The number of nitrogens with zero attached hydrogens (tertiary/aromatic N) is 2. The molecular weight excluding hydrogens is 426 g/mol. The van der Waals surface area contributed by atoms with E-state index in [0.717, 1.165) is 15.4 Å². The first-order valence-corrected chi connectivity index (χ1v) is 10.2. The Balaban J connectivity index is 1.90. The summed E-state index contributed by atoms with van der Waals surface area (Å²) in [6, 6.07) is 11.9. The first-order valence-electron chi connectivity index (χ1n) is 9.01. The first kappa shape index (κ1) is 21.5. The van der Waals surface area contributed by atoms with Crippen molar-refractivity contribution in [3.8, 4) is 10.4 Å². The van der Waals surface area contributed by atoms with Gasteiger partial charge in [0.2, 0.25) is 6.41 Å². The van der Waals surface area contributed by atoms with E-state index >= 15 is 0 Å². The molecule has 0 radical (unpaired) electrons. The van der Waals surface area contributed by atoms with Crippen LogP contribution in [-0.2, 0) is 20.7 Å². The van der Waals surface area contributed by atoms with Crippen molar-refractivity contribution >= 4 is 46.9 Å². The molecule has 0 fully saturated rings. The monoisotopic (exact) mass is 443 g/mol. The summed E-state index contributed by atoms with van der Waals surface area (Å²) in [7, 11) is 0. The van der Waals surface area contributed by atoms with Crippen molar-refractivity contribution in [3.63, 3.8) is 0 Å². The number of rotatable bonds is 8. The molecule has 154 valence electrons. The number of amides is 2. The molecule has 7 nitrogen and oxygen atoms in total. The molecule has 1 N–H and O–H groups in total. The molecule has 0 spiro atoms. The van der Waals surface area contributed by atoms with E-state index in [1.807, 2.05) is 12.1 Å². The number of hydrazine groups is 1. The number of halogens is 1. The van der Waals surface area contributed by atoms with Crippen molar-refractivity contribution in [2.75, 3.05) is 11.6 Å². The second-order valence-corrected chi connectivity index (χ2v) is 7.56. The minimum absolute atomic E-state index is 0.0251. The summed E-state index contributed by atoms with van der Waals surface area (Å²) in [5.41, 5.74) is 4.50. The molecule has 0 aliphatic carbocycles. The fourth-order valence-corrected chi connectivity index (χ4v) is 3.91. The predicted octanol–water partition coefficient (Wildman–Crippen LogP) is 3.88. The number of nitrogens with one attached hydrogen (secondary N) is 1. The number of aromatic nitrogens is 1. The summed E-state index contributed by atoms with van der Waals surface area (Å²) in [6.07, 6.45) is 3.55. The van der Waals surface area contributed by atoms with Crippen molar-refractivity contribution in [1.29, 1.82) is 0 Å². The number of ether oxygens (including phenoxy) is 1. The third-order valence-electron chi connectivity index (χ3n) is 4.05. The normalized spacial score (nSPS) is 10.3. The minimum Gasteiger partial charge on any atom is -0.466 e. The lowest BCUT2D eigenvalue weighted by molar-refractivity contribution is -0.142. The Kier molecular flexibility index (Phi) is 7.16. The molecule has 0 aliphatic heterocycles. The van der Waals surface area contributed by atoms with Crippen LogP contribution in [0.1, 0.15) is 22.2 Å². The van der Waals surface area contributed by atoms with E-state index in [1.54, 1.807) is 37.3 Å². The van der Waals surface area contributed by atoms with Crippen molar-refractivity contribution in [3.05, 3.63) is 70.3 Å². The highest BCUT2D eigenvalue weighted by Crippen LogP contribution is 2.34. The molecule has 0 unspecified atom stereocenters. The first-order chi connectivity index (χ1) is 14.5. The van der Waals surface area contributed by atoms with Crippen LogP contribution in [0, 0.1) is 0 Å². The molecule has 30 heavy (non-hydrogen) atoms. The van der Waals surface area contributed by atoms with Gasteiger partial charge in [0.25, 0.3) is 5.91 Å². The number of carbonyl (C=O) groups excluding carboxylic acids is 3. The average molecular weight is 444 g/mol. The lowest BCUT2D eigenvalue weighted by Gasteiger charge is -2.17. The SMILES string of the molecule is CCOC(=O)Cc1cc(C(=O)NN(C=O)c2ccncc2)sc1-c1ccc(Cl)cc1. The molecule has 9 heteroatoms. The van der Waals surface area contributed by atoms with Crippen molar-refractivity contribution in [2.24, 2.45) is 0 Å². The Morgan fingerprint density at radius 3 is 2.53 bits per heavy atom. The highest BCUT2D eigenvalue weighted by atomic mass is 35.5. The van der Waals surface area contributed by atoms with Crippen LogP contribution in [0.3, 0.4) is 0 Å². The van der Waals surface area contributed by atoms with Crippen LogP contribution in [-0.4, -0.2) is 29.9 Å². The maximum absolute atomic E-state index is 12.8. The van der Waals surface area contributed by atoms with Crippen LogP contribution >= 0.6 is 22.9 Å². The van der Waals surface area contributed by atoms with Gasteiger partial charge in [-0.1, -0.05) is 23.7 Å². The summed E-state index contributed by atoms with van der Waals surface area (Å²) in [5, 5.41) is 1.65. The van der Waals surface area contributed by atoms with Crippen molar-refractivity contribution in [2.45, 2.75) is 13.3 Å². The molecule has 3 rings (SSSR count). The third-order valence-corrected chi connectivity index (χ3v) is 5.52. The highest BCUT2D eigenvalue weighted by Gasteiger charge is 2.20. The molecule has 3 aromatic rings. The van der Waals surface area contributed by atoms with Crippen LogP contribution in [0.4, 0.5) is 5.69 Å². The van der Waals surface area contributed by atoms with Gasteiger partial charge < -0.3 is 4.74 Å². The molecule has 2 aromatic heterocycles. The third kappa shape index (κ3) is 5.22. The molecule has 0 atom stereocenters. The van der Waals surface area contributed by atoms with E-state index in [9.17, 15) is 14.4 Å². The van der Waals surface area contributed by atoms with Gasteiger partial charge in [-0.3, -0.25) is 24.8 Å². The van der Waals surface area contributed by atoms with E-state index in [4.69, 9.17) is 16.3 Å². The quantitative estimate of drug-likeness (QED) is 0.324. The Bertz CT molecular complexity index is 1040. The summed E-state index contributed by atoms with van der Waals surface area (Å²) in [4.78, 5) is 41.3. The van der Waals surface area contributed by atoms with Crippen molar-refractivity contribution in [1.82, 2.24) is 10.4 Å². The zero-order valence-electron chi connectivity index (χ0n) is 16.0. The molecule has 2 heterocycles. The lowest BCUT2D eigenvalue weighted by Crippen LogP contribution is -2.41. The van der Waals surface area contributed by atoms with Gasteiger partial charge in [-0.05, 0) is 48.4 Å². The number of esters is 1. The molecule has 0 aliphatic rings. The van der Waals surface area contributed by atoms with E-state index in [2.05, 4.69) is 10.4 Å². The van der Waals surface area contributed by atoms with Gasteiger partial charge in [-0.2, -0.15) is 0 Å². The van der Waals surface area contributed by atoms with Gasteiger partial charge >= 0.3 is 5.97 Å². The number of benzene rings is 1. The zero-order valence-corrected chi connectivity index (χ0v) is 17.6. The number of pyridine rings is 1. The number of carbonyl (C=O) groups is 3. The van der Waals surface area contributed by atoms with Gasteiger partial charge in [0.15, 0.2) is 0 Å². The Morgan fingerprint density at radius 1 is 1.20 bits per heavy atom. The standard InChI is InChI=1S/C21H18ClN3O4S/c1-2-29-19(27)12-15-11-18(30-20(15)14-3-5-16(22)6-4-14)21(28)24-25(13-26)17-7-9-23-10-8-17/h3-11,13H,2,12H2,1H3,(H,24,28). The molecule has 0 saturated carbocycles. The summed E-state index contributed by atoms with van der Waals surface area (Å²) >= 11 is 7.19. The van der Waals surface area contributed by atoms with Gasteiger partial charge in [0.05, 0.1) is 23.6 Å². The van der Waals surface area contributed by atoms with Gasteiger partial charge in [0, 0.05) is 22.3 Å². The number of hydrogen-bond donors (Lipinski definition) is 1. The predicted molar refractivity (Wildman–Crippen MR) is 115 cm³/mol. The van der Waals surface area contributed by atoms with E-state index in [-0.39, 0.29) is 19.0 Å². The summed E-state index contributed by atoms with van der Waals surface area (Å²) in [6.45, 7) is 2.00. The van der Waals surface area contributed by atoms with Gasteiger partial charge in [-0.25, -0.2) is 5.01 Å². The lowest BCUT2D eigenvalue weighted by atomic mass is 10.1. The summed E-state index contributed by atoms with van der Waals surface area (Å²) < 4.78 is 5.05. The second kappa shape index (κ2) is 10.00. The molecule has 0 bridgehead atoms. The average Bonchev–Trinajstić information content (AvgIpc) is 3.17. The van der Waals surface area contributed by atoms with Gasteiger partial charge in [0.1, 0.15) is 0 Å². The Morgan fingerprint density at radius 2 is 1.90 bits per heavy atom. The minimum atomic E-state index is -0.478. The molecular formula is C21H18ClN3O4S. The highest BCUT2D eigenvalue weighted by molar-refractivity contribution is 7.17. The molecule has 0 saturated heterocycles. The number of anilines is 1. The van der Waals surface area contributed by atoms with Crippen LogP contribution in [0.15, 0.2) is 54.9 Å². The topological polar surface area (TPSA) is 88.6 Å². The fourth-order valence-electron chi connectivity index (χ4n) is 2.71. The largest absolute Gasteiger partial charge is 0.466 e. The van der Waals surface area contributed by atoms with Gasteiger partial charge in [-0.15, -0.1) is 11.3 Å². The molecule has 1 aromatic carbocycles. The number of hydrogen-bond acceptors (Lipinski definition) is 6. The maximum atomic E-state index is 12.8. The van der Waals surface area contributed by atoms with Crippen LogP contribution in [0.5, 0.6) is 0 Å². The van der Waals surface area contributed by atoms with Crippen LogP contribution in [0.25, 0.3) is 10.4 Å². The maximum Gasteiger partial charge on any atom is 0.310 e. The number of thiophene rings is 1. The van der Waals surface area contributed by atoms with Crippen molar-refractivity contribution < 1.29 is 19.1 Å². The van der Waals surface area contributed by atoms with Crippen LogP contribution in [0.2, 0.25) is 5.02 Å². The smallest absolute Gasteiger partial charge is 0.310 e. The van der Waals surface area contributed by atoms with Crippen LogP contribution < -0.4 is 10.4 Å².